The van der Waals surface area contributed by atoms with Gasteiger partial charge < -0.3 is 4.43 Å². The lowest BCUT2D eigenvalue weighted by Crippen LogP contribution is -2.52. The topological polar surface area (TPSA) is 50.1 Å². The van der Waals surface area contributed by atoms with Crippen LogP contribution in [0.25, 0.3) is 0 Å². The summed E-state index contributed by atoms with van der Waals surface area (Å²) in [5.41, 5.74) is 1.70. The summed E-state index contributed by atoms with van der Waals surface area (Å²) in [7, 11) is -3.72. The van der Waals surface area contributed by atoms with Crippen molar-refractivity contribution in [2.45, 2.75) is 87.4 Å². The Balaban J connectivity index is 2.62. The lowest BCUT2D eigenvalue weighted by atomic mass is 9.98. The van der Waals surface area contributed by atoms with Crippen LogP contribution in [0.5, 0.6) is 0 Å². The van der Waals surface area contributed by atoms with E-state index < -0.39 is 24.7 Å². The van der Waals surface area contributed by atoms with E-state index in [1.54, 1.807) is 0 Å². The summed E-state index contributed by atoms with van der Waals surface area (Å²) < 4.78 is 20.4. The summed E-state index contributed by atoms with van der Waals surface area (Å²) in [6.07, 6.45) is 0. The first-order chi connectivity index (χ1) is 14.0. The van der Waals surface area contributed by atoms with Gasteiger partial charge in [0.05, 0.1) is 15.7 Å². The maximum absolute atomic E-state index is 13.5. The van der Waals surface area contributed by atoms with Crippen molar-refractivity contribution in [3.05, 3.63) is 59.7 Å². The molecule has 30 heavy (non-hydrogen) atoms. The molecule has 0 amide bonds. The molecule has 0 aliphatic rings. The van der Waals surface area contributed by atoms with Gasteiger partial charge in [-0.15, -0.1) is 0 Å². The van der Waals surface area contributed by atoms with Crippen LogP contribution in [-0.4, -0.2) is 12.5 Å². The number of nitriles is 1. The molecule has 2 atom stereocenters. The molecule has 0 radical (unpaired) electrons. The predicted molar refractivity (Wildman–Crippen MR) is 127 cm³/mol. The van der Waals surface area contributed by atoms with Crippen molar-refractivity contribution >= 4 is 19.1 Å². The third-order valence-corrected chi connectivity index (χ3v) is 13.8. The molecule has 162 valence electrons. The standard InChI is InChI=1S/C25H35NO2SSi/c1-18(2)30(19(3)4,20(5)6)28-25(8,17-26)23-11-9-10-12-24(23)29(27)22-15-13-21(7)14-16-22/h9-16,18-20H,1-8H3/t25-,29?/m1/s1. The summed E-state index contributed by atoms with van der Waals surface area (Å²) in [6, 6.07) is 17.7. The third-order valence-electron chi connectivity index (χ3n) is 6.14. The van der Waals surface area contributed by atoms with Crippen LogP contribution in [0.3, 0.4) is 0 Å². The maximum atomic E-state index is 13.5. The highest BCUT2D eigenvalue weighted by Gasteiger charge is 2.50. The third kappa shape index (κ3) is 4.61. The van der Waals surface area contributed by atoms with Gasteiger partial charge >= 0.3 is 0 Å². The van der Waals surface area contributed by atoms with Gasteiger partial charge in [0.25, 0.3) is 0 Å². The maximum Gasteiger partial charge on any atom is 0.202 e. The van der Waals surface area contributed by atoms with Crippen LogP contribution in [0.15, 0.2) is 58.3 Å². The second-order valence-electron chi connectivity index (χ2n) is 9.14. The first-order valence-corrected chi connectivity index (χ1v) is 14.0. The first-order valence-electron chi connectivity index (χ1n) is 10.7. The number of nitrogens with zero attached hydrogens (tertiary/aromatic N) is 1. The first kappa shape index (κ1) is 24.5. The van der Waals surface area contributed by atoms with Gasteiger partial charge in [0.15, 0.2) is 5.60 Å². The molecule has 1 unspecified atom stereocenters. The van der Waals surface area contributed by atoms with Crippen molar-refractivity contribution in [3.63, 3.8) is 0 Å². The molecule has 0 spiro atoms. The van der Waals surface area contributed by atoms with Crippen molar-refractivity contribution in [2.24, 2.45) is 0 Å². The smallest absolute Gasteiger partial charge is 0.202 e. The largest absolute Gasteiger partial charge is 0.395 e. The monoisotopic (exact) mass is 441 g/mol. The fourth-order valence-electron chi connectivity index (χ4n) is 4.66. The highest BCUT2D eigenvalue weighted by Crippen LogP contribution is 2.47. The quantitative estimate of drug-likeness (QED) is 0.411. The zero-order valence-corrected chi connectivity index (χ0v) is 21.3. The lowest BCUT2D eigenvalue weighted by molar-refractivity contribution is 0.120. The summed E-state index contributed by atoms with van der Waals surface area (Å²) >= 11 is 0. The number of aryl methyl sites for hydroxylation is 1. The zero-order valence-electron chi connectivity index (χ0n) is 19.5. The molecular formula is C25H35NO2SSi. The summed E-state index contributed by atoms with van der Waals surface area (Å²) in [5.74, 6) is 0. The van der Waals surface area contributed by atoms with Crippen LogP contribution in [0.2, 0.25) is 16.6 Å². The van der Waals surface area contributed by atoms with E-state index in [9.17, 15) is 9.47 Å². The highest BCUT2D eigenvalue weighted by molar-refractivity contribution is 7.85. The van der Waals surface area contributed by atoms with Crippen LogP contribution in [0.1, 0.15) is 59.6 Å². The number of hydrogen-bond acceptors (Lipinski definition) is 3. The highest BCUT2D eigenvalue weighted by atomic mass is 32.2. The van der Waals surface area contributed by atoms with Crippen molar-refractivity contribution in [1.29, 1.82) is 5.26 Å². The fraction of sp³-hybridized carbons (Fsp3) is 0.480. The number of rotatable bonds is 8. The SMILES string of the molecule is Cc1ccc(S(=O)c2ccccc2[C@@](C)(C#N)O[Si](C(C)C)(C(C)C)C(C)C)cc1. The van der Waals surface area contributed by atoms with Gasteiger partial charge in [0.1, 0.15) is 6.07 Å². The van der Waals surface area contributed by atoms with Crippen LogP contribution >= 0.6 is 0 Å². The molecule has 0 heterocycles. The van der Waals surface area contributed by atoms with Crippen LogP contribution in [0, 0.1) is 18.3 Å². The van der Waals surface area contributed by atoms with Crippen LogP contribution in [-0.2, 0) is 20.8 Å². The minimum atomic E-state index is -2.33. The fourth-order valence-corrected chi connectivity index (χ4v) is 11.5. The molecule has 0 aliphatic heterocycles. The Kier molecular flexibility index (Phi) is 7.84. The molecule has 0 fully saturated rings. The molecule has 0 bridgehead atoms. The van der Waals surface area contributed by atoms with E-state index in [0.717, 1.165) is 10.5 Å². The van der Waals surface area contributed by atoms with Gasteiger partial charge in [0.2, 0.25) is 8.32 Å². The summed E-state index contributed by atoms with van der Waals surface area (Å²) in [5, 5.41) is 10.3. The molecule has 2 aromatic rings. The Bertz CT molecular complexity index is 909. The second-order valence-corrected chi connectivity index (χ2v) is 16.0. The van der Waals surface area contributed by atoms with Gasteiger partial charge in [-0.2, -0.15) is 5.26 Å². The van der Waals surface area contributed by atoms with Crippen molar-refractivity contribution < 1.29 is 8.63 Å². The van der Waals surface area contributed by atoms with E-state index >= 15 is 0 Å². The number of benzene rings is 2. The predicted octanol–water partition coefficient (Wildman–Crippen LogP) is 7.09. The normalized spacial score (nSPS) is 15.3. The molecule has 2 aromatic carbocycles. The van der Waals surface area contributed by atoms with Crippen molar-refractivity contribution in [3.8, 4) is 6.07 Å². The van der Waals surface area contributed by atoms with E-state index in [-0.39, 0.29) is 0 Å². The van der Waals surface area contributed by atoms with Gasteiger partial charge in [-0.05, 0) is 48.7 Å². The Morgan fingerprint density at radius 2 is 1.43 bits per heavy atom. The molecule has 5 heteroatoms. The van der Waals surface area contributed by atoms with Crippen LogP contribution < -0.4 is 0 Å². The second kappa shape index (κ2) is 9.59. The molecule has 2 rings (SSSR count). The Labute approximate surface area is 186 Å². The number of hydrogen-bond donors (Lipinski definition) is 0. The lowest BCUT2D eigenvalue weighted by Gasteiger charge is -2.46. The average molecular weight is 442 g/mol. The van der Waals surface area contributed by atoms with E-state index in [1.165, 1.54) is 0 Å². The molecule has 3 nitrogen and oxygen atoms in total. The van der Waals surface area contributed by atoms with E-state index in [0.29, 0.717) is 27.1 Å². The molecule has 0 aromatic heterocycles. The molecule has 0 aliphatic carbocycles. The molecule has 0 saturated carbocycles. The van der Waals surface area contributed by atoms with E-state index in [4.69, 9.17) is 4.43 Å². The Hall–Kier alpha value is -1.74. The average Bonchev–Trinajstić information content (AvgIpc) is 2.71. The van der Waals surface area contributed by atoms with E-state index in [1.807, 2.05) is 62.4 Å². The minimum Gasteiger partial charge on any atom is -0.395 e. The van der Waals surface area contributed by atoms with Gasteiger partial charge in [-0.25, -0.2) is 4.21 Å². The van der Waals surface area contributed by atoms with Gasteiger partial charge in [-0.3, -0.25) is 0 Å². The van der Waals surface area contributed by atoms with E-state index in [2.05, 4.69) is 47.6 Å². The van der Waals surface area contributed by atoms with Crippen LogP contribution in [0.4, 0.5) is 0 Å². The summed E-state index contributed by atoms with van der Waals surface area (Å²) in [6.45, 7) is 17.1. The Morgan fingerprint density at radius 3 is 1.90 bits per heavy atom. The Morgan fingerprint density at radius 1 is 0.933 bits per heavy atom. The van der Waals surface area contributed by atoms with Gasteiger partial charge in [-0.1, -0.05) is 77.4 Å². The van der Waals surface area contributed by atoms with Gasteiger partial charge in [0, 0.05) is 10.5 Å². The zero-order chi connectivity index (χ0) is 22.7. The summed E-state index contributed by atoms with van der Waals surface area (Å²) in [4.78, 5) is 1.37. The van der Waals surface area contributed by atoms with Crippen molar-refractivity contribution in [2.75, 3.05) is 0 Å². The molecule has 0 N–H and O–H groups in total. The van der Waals surface area contributed by atoms with Crippen molar-refractivity contribution in [1.82, 2.24) is 0 Å². The minimum absolute atomic E-state index is 0.347. The molecular weight excluding hydrogens is 406 g/mol. The molecule has 0 saturated heterocycles.